The third-order valence-electron chi connectivity index (χ3n) is 4.72. The molecule has 7 nitrogen and oxygen atoms in total. The molecule has 29 heavy (non-hydrogen) atoms. The number of aryl methyl sites for hydroxylation is 1. The number of benzene rings is 2. The van der Waals surface area contributed by atoms with Gasteiger partial charge in [0.25, 0.3) is 5.91 Å². The third kappa shape index (κ3) is 4.41. The van der Waals surface area contributed by atoms with Crippen molar-refractivity contribution >= 4 is 22.8 Å². The van der Waals surface area contributed by atoms with Gasteiger partial charge in [-0.05, 0) is 44.0 Å². The zero-order valence-corrected chi connectivity index (χ0v) is 16.9. The normalized spacial score (nSPS) is 11.9. The molecule has 3 aromatic rings. The fourth-order valence-corrected chi connectivity index (χ4v) is 2.94. The zero-order chi connectivity index (χ0) is 21.0. The van der Waals surface area contributed by atoms with Crippen molar-refractivity contribution in [1.29, 1.82) is 0 Å². The van der Waals surface area contributed by atoms with E-state index in [1.807, 2.05) is 44.2 Å². The van der Waals surface area contributed by atoms with E-state index >= 15 is 0 Å². The maximum absolute atomic E-state index is 12.6. The molecule has 2 aromatic carbocycles. The maximum atomic E-state index is 12.6. The Morgan fingerprint density at radius 1 is 1.07 bits per heavy atom. The van der Waals surface area contributed by atoms with E-state index in [1.54, 1.807) is 19.1 Å². The number of methoxy groups -OCH3 is 1. The Balaban J connectivity index is 1.67. The minimum absolute atomic E-state index is 0.0939. The number of rotatable bonds is 6. The van der Waals surface area contributed by atoms with Crippen LogP contribution in [0.3, 0.4) is 0 Å². The highest BCUT2D eigenvalue weighted by molar-refractivity contribution is 5.99. The Labute approximate surface area is 169 Å². The quantitative estimate of drug-likeness (QED) is 0.623. The highest BCUT2D eigenvalue weighted by Gasteiger charge is 2.22. The van der Waals surface area contributed by atoms with E-state index in [-0.39, 0.29) is 12.4 Å². The van der Waals surface area contributed by atoms with E-state index in [2.05, 4.69) is 10.9 Å². The van der Waals surface area contributed by atoms with Gasteiger partial charge < -0.3 is 13.9 Å². The van der Waals surface area contributed by atoms with Crippen LogP contribution in [0.1, 0.15) is 34.2 Å². The highest BCUT2D eigenvalue weighted by atomic mass is 16.5. The first kappa shape index (κ1) is 20.4. The van der Waals surface area contributed by atoms with Crippen molar-refractivity contribution in [1.82, 2.24) is 10.9 Å². The van der Waals surface area contributed by atoms with E-state index < -0.39 is 17.9 Å². The molecule has 2 N–H and O–H groups in total. The van der Waals surface area contributed by atoms with Gasteiger partial charge in [0.15, 0.2) is 11.9 Å². The number of para-hydroxylation sites is 1. The van der Waals surface area contributed by atoms with Gasteiger partial charge in [-0.1, -0.05) is 30.3 Å². The van der Waals surface area contributed by atoms with Crippen molar-refractivity contribution in [2.45, 2.75) is 33.5 Å². The van der Waals surface area contributed by atoms with Gasteiger partial charge in [0.1, 0.15) is 11.3 Å². The summed E-state index contributed by atoms with van der Waals surface area (Å²) in [7, 11) is 1.54. The van der Waals surface area contributed by atoms with Crippen LogP contribution in [0.25, 0.3) is 11.0 Å². The molecule has 0 aliphatic rings. The van der Waals surface area contributed by atoms with Crippen molar-refractivity contribution in [2.75, 3.05) is 7.11 Å². The fraction of sp³-hybridized carbons (Fsp3) is 0.273. The Kier molecular flexibility index (Phi) is 6.19. The van der Waals surface area contributed by atoms with E-state index in [4.69, 9.17) is 13.9 Å². The lowest BCUT2D eigenvalue weighted by Crippen LogP contribution is -2.47. The largest absolute Gasteiger partial charge is 0.481 e. The van der Waals surface area contributed by atoms with Gasteiger partial charge >= 0.3 is 5.91 Å². The molecule has 1 heterocycles. The minimum Gasteiger partial charge on any atom is -0.481 e. The summed E-state index contributed by atoms with van der Waals surface area (Å²) < 4.78 is 16.6. The lowest BCUT2D eigenvalue weighted by Gasteiger charge is -2.17. The molecule has 0 fully saturated rings. The summed E-state index contributed by atoms with van der Waals surface area (Å²) in [5.41, 5.74) is 7.99. The summed E-state index contributed by atoms with van der Waals surface area (Å²) in [4.78, 5) is 24.9. The summed E-state index contributed by atoms with van der Waals surface area (Å²) in [6.07, 6.45) is -0.801. The number of ether oxygens (including phenoxy) is 2. The maximum Gasteiger partial charge on any atom is 0.305 e. The van der Waals surface area contributed by atoms with Crippen molar-refractivity contribution in [3.05, 3.63) is 64.9 Å². The molecule has 2 amide bonds. The third-order valence-corrected chi connectivity index (χ3v) is 4.72. The molecule has 0 radical (unpaired) electrons. The van der Waals surface area contributed by atoms with Crippen LogP contribution in [0.15, 0.2) is 46.9 Å². The lowest BCUT2D eigenvalue weighted by molar-refractivity contribution is -0.128. The van der Waals surface area contributed by atoms with E-state index in [9.17, 15) is 9.59 Å². The van der Waals surface area contributed by atoms with Crippen LogP contribution >= 0.6 is 0 Å². The van der Waals surface area contributed by atoms with Gasteiger partial charge in [0.05, 0.1) is 6.61 Å². The van der Waals surface area contributed by atoms with Crippen LogP contribution in [0.5, 0.6) is 5.75 Å². The first-order valence-corrected chi connectivity index (χ1v) is 9.24. The number of hydrogen-bond donors (Lipinski definition) is 2. The fourth-order valence-electron chi connectivity index (χ4n) is 2.94. The average Bonchev–Trinajstić information content (AvgIpc) is 3.08. The lowest BCUT2D eigenvalue weighted by atomic mass is 10.1. The van der Waals surface area contributed by atoms with E-state index in [1.165, 1.54) is 7.11 Å². The Bertz CT molecular complexity index is 1040. The van der Waals surface area contributed by atoms with Gasteiger partial charge in [0.2, 0.25) is 0 Å². The molecular formula is C22H24N2O5. The number of fused-ring (bicyclic) bond motifs is 1. The Morgan fingerprint density at radius 3 is 2.59 bits per heavy atom. The van der Waals surface area contributed by atoms with Crippen LogP contribution in [-0.4, -0.2) is 25.0 Å². The number of carbonyl (C=O) groups is 2. The molecule has 0 saturated heterocycles. The van der Waals surface area contributed by atoms with Crippen molar-refractivity contribution in [2.24, 2.45) is 0 Å². The molecular weight excluding hydrogens is 372 g/mol. The summed E-state index contributed by atoms with van der Waals surface area (Å²) in [5.74, 6) is -0.334. The van der Waals surface area contributed by atoms with E-state index in [0.29, 0.717) is 16.9 Å². The van der Waals surface area contributed by atoms with Crippen LogP contribution in [0.4, 0.5) is 0 Å². The van der Waals surface area contributed by atoms with Crippen molar-refractivity contribution in [3.63, 3.8) is 0 Å². The van der Waals surface area contributed by atoms with Gasteiger partial charge in [0, 0.05) is 18.1 Å². The van der Waals surface area contributed by atoms with Crippen LogP contribution in [0, 0.1) is 13.8 Å². The molecule has 0 aliphatic carbocycles. The average molecular weight is 396 g/mol. The topological polar surface area (TPSA) is 89.8 Å². The highest BCUT2D eigenvalue weighted by Crippen LogP contribution is 2.26. The first-order chi connectivity index (χ1) is 13.9. The number of furan rings is 1. The van der Waals surface area contributed by atoms with Gasteiger partial charge in [-0.15, -0.1) is 0 Å². The smallest absolute Gasteiger partial charge is 0.305 e. The number of hydrazine groups is 1. The molecule has 1 atom stereocenters. The van der Waals surface area contributed by atoms with Gasteiger partial charge in [-0.25, -0.2) is 0 Å². The summed E-state index contributed by atoms with van der Waals surface area (Å²) in [5, 5.41) is 0.789. The predicted octanol–water partition coefficient (Wildman–Crippen LogP) is 3.42. The summed E-state index contributed by atoms with van der Waals surface area (Å²) >= 11 is 0. The Hall–Kier alpha value is -3.32. The number of carbonyl (C=O) groups excluding carboxylic acids is 2. The SMILES string of the molecule is COCc1c(C(=O)NNC(=O)C(C)Oc2cccc(C)c2C)oc2ccccc12. The molecule has 0 saturated carbocycles. The predicted molar refractivity (Wildman–Crippen MR) is 109 cm³/mol. The Morgan fingerprint density at radius 2 is 1.83 bits per heavy atom. The zero-order valence-electron chi connectivity index (χ0n) is 16.9. The molecule has 1 aromatic heterocycles. The minimum atomic E-state index is -0.801. The summed E-state index contributed by atoms with van der Waals surface area (Å²) in [6, 6.07) is 12.9. The van der Waals surface area contributed by atoms with E-state index in [0.717, 1.165) is 16.5 Å². The molecule has 152 valence electrons. The van der Waals surface area contributed by atoms with Crippen LogP contribution in [0.2, 0.25) is 0 Å². The van der Waals surface area contributed by atoms with Crippen LogP contribution in [-0.2, 0) is 16.1 Å². The second-order valence-electron chi connectivity index (χ2n) is 6.74. The molecule has 1 unspecified atom stereocenters. The van der Waals surface area contributed by atoms with Crippen molar-refractivity contribution < 1.29 is 23.5 Å². The van der Waals surface area contributed by atoms with Gasteiger partial charge in [-0.2, -0.15) is 0 Å². The molecule has 7 heteroatoms. The van der Waals surface area contributed by atoms with Gasteiger partial charge in [-0.3, -0.25) is 20.4 Å². The second-order valence-corrected chi connectivity index (χ2v) is 6.74. The second kappa shape index (κ2) is 8.79. The molecule has 0 spiro atoms. The number of hydrogen-bond acceptors (Lipinski definition) is 5. The summed E-state index contributed by atoms with van der Waals surface area (Å²) in [6.45, 7) is 5.72. The monoisotopic (exact) mass is 396 g/mol. The molecule has 0 aliphatic heterocycles. The van der Waals surface area contributed by atoms with Crippen LogP contribution < -0.4 is 15.6 Å². The number of amides is 2. The first-order valence-electron chi connectivity index (χ1n) is 9.24. The standard InChI is InChI=1S/C22H24N2O5/c1-13-8-7-11-18(14(13)2)28-15(3)21(25)23-24-22(26)20-17(12-27-4)16-9-5-6-10-19(16)29-20/h5-11,15H,12H2,1-4H3,(H,23,25)(H,24,26). The molecule has 3 rings (SSSR count). The van der Waals surface area contributed by atoms with Crippen molar-refractivity contribution in [3.8, 4) is 5.75 Å². The molecule has 0 bridgehead atoms. The number of nitrogens with one attached hydrogen (secondary N) is 2.